The molecular formula is C13H20N4O2. The van der Waals surface area contributed by atoms with E-state index in [1.807, 2.05) is 19.1 Å². The molecule has 6 nitrogen and oxygen atoms in total. The highest BCUT2D eigenvalue weighted by atomic mass is 16.2. The number of nitrogens with two attached hydrogens (primary N) is 2. The van der Waals surface area contributed by atoms with Gasteiger partial charge in [0, 0.05) is 25.8 Å². The van der Waals surface area contributed by atoms with Crippen molar-refractivity contribution in [2.75, 3.05) is 25.9 Å². The fourth-order valence-corrected chi connectivity index (χ4v) is 1.60. The Labute approximate surface area is 113 Å². The predicted octanol–water partition coefficient (Wildman–Crippen LogP) is 0.628. The van der Waals surface area contributed by atoms with Crippen LogP contribution in [0.25, 0.3) is 0 Å². The van der Waals surface area contributed by atoms with Crippen molar-refractivity contribution in [2.45, 2.75) is 13.5 Å². The van der Waals surface area contributed by atoms with Gasteiger partial charge in [0.15, 0.2) is 0 Å². The molecule has 0 radical (unpaired) electrons. The van der Waals surface area contributed by atoms with Crippen molar-refractivity contribution >= 4 is 17.6 Å². The molecule has 0 aromatic heterocycles. The summed E-state index contributed by atoms with van der Waals surface area (Å²) in [4.78, 5) is 26.1. The number of benzene rings is 1. The summed E-state index contributed by atoms with van der Waals surface area (Å²) in [5.41, 5.74) is 12.3. The summed E-state index contributed by atoms with van der Waals surface area (Å²) in [5, 5.41) is 0. The van der Waals surface area contributed by atoms with E-state index in [0.29, 0.717) is 18.8 Å². The molecule has 1 rings (SSSR count). The molecule has 3 amide bonds. The zero-order valence-electron chi connectivity index (χ0n) is 11.3. The van der Waals surface area contributed by atoms with E-state index >= 15 is 0 Å². The Bertz CT molecular complexity index is 444. The van der Waals surface area contributed by atoms with Crippen molar-refractivity contribution in [3.8, 4) is 0 Å². The Balaban J connectivity index is 2.82. The number of primary amides is 1. The summed E-state index contributed by atoms with van der Waals surface area (Å²) >= 11 is 0. The number of rotatable bonds is 5. The Morgan fingerprint density at radius 3 is 2.26 bits per heavy atom. The van der Waals surface area contributed by atoms with Crippen molar-refractivity contribution in [1.82, 2.24) is 9.80 Å². The van der Waals surface area contributed by atoms with Gasteiger partial charge in [0.2, 0.25) is 5.91 Å². The predicted molar refractivity (Wildman–Crippen MR) is 74.2 cm³/mol. The van der Waals surface area contributed by atoms with Gasteiger partial charge in [-0.25, -0.2) is 4.79 Å². The van der Waals surface area contributed by atoms with Crippen LogP contribution in [-0.2, 0) is 11.3 Å². The van der Waals surface area contributed by atoms with Crippen molar-refractivity contribution in [1.29, 1.82) is 0 Å². The van der Waals surface area contributed by atoms with Gasteiger partial charge in [-0.3, -0.25) is 4.79 Å². The summed E-state index contributed by atoms with van der Waals surface area (Å²) in [6.45, 7) is 2.65. The molecule has 0 bridgehead atoms. The number of amides is 3. The van der Waals surface area contributed by atoms with E-state index in [-0.39, 0.29) is 12.6 Å². The number of carbonyl (C=O) groups is 2. The second-order valence-electron chi connectivity index (χ2n) is 4.36. The summed E-state index contributed by atoms with van der Waals surface area (Å²) in [6.07, 6.45) is 0. The number of anilines is 1. The summed E-state index contributed by atoms with van der Waals surface area (Å²) in [7, 11) is 1.68. The molecule has 0 aliphatic rings. The highest BCUT2D eigenvalue weighted by Crippen LogP contribution is 2.10. The molecule has 0 spiro atoms. The molecule has 104 valence electrons. The Morgan fingerprint density at radius 2 is 1.79 bits per heavy atom. The fraction of sp³-hybridized carbons (Fsp3) is 0.385. The minimum absolute atomic E-state index is 0.104. The van der Waals surface area contributed by atoms with Crippen molar-refractivity contribution in [2.24, 2.45) is 5.73 Å². The zero-order chi connectivity index (χ0) is 14.4. The standard InChI is InChI=1S/C13H20N4O2/c1-3-16(2)13(19)17(9-12(15)18)8-10-4-6-11(14)7-5-10/h4-7H,3,8-9,14H2,1-2H3,(H2,15,18). The van der Waals surface area contributed by atoms with E-state index in [0.717, 1.165) is 5.56 Å². The normalized spacial score (nSPS) is 10.0. The number of carbonyl (C=O) groups excluding carboxylic acids is 2. The highest BCUT2D eigenvalue weighted by molar-refractivity contribution is 5.82. The maximum atomic E-state index is 12.1. The van der Waals surface area contributed by atoms with Crippen LogP contribution in [0.3, 0.4) is 0 Å². The lowest BCUT2D eigenvalue weighted by molar-refractivity contribution is -0.118. The SMILES string of the molecule is CCN(C)C(=O)N(CC(N)=O)Cc1ccc(N)cc1. The second-order valence-corrected chi connectivity index (χ2v) is 4.36. The first-order valence-corrected chi connectivity index (χ1v) is 6.06. The third-order valence-corrected chi connectivity index (χ3v) is 2.77. The molecular weight excluding hydrogens is 244 g/mol. The van der Waals surface area contributed by atoms with Crippen LogP contribution in [-0.4, -0.2) is 41.9 Å². The van der Waals surface area contributed by atoms with Crippen LogP contribution in [0.15, 0.2) is 24.3 Å². The van der Waals surface area contributed by atoms with Gasteiger partial charge in [0.05, 0.1) is 0 Å². The Morgan fingerprint density at radius 1 is 1.21 bits per heavy atom. The Kier molecular flexibility index (Phi) is 5.17. The number of urea groups is 1. The topological polar surface area (TPSA) is 92.7 Å². The van der Waals surface area contributed by atoms with Crippen LogP contribution >= 0.6 is 0 Å². The molecule has 1 aromatic rings. The summed E-state index contributed by atoms with van der Waals surface area (Å²) < 4.78 is 0. The molecule has 19 heavy (non-hydrogen) atoms. The number of nitrogen functional groups attached to an aromatic ring is 1. The summed E-state index contributed by atoms with van der Waals surface area (Å²) in [6, 6.07) is 6.93. The van der Waals surface area contributed by atoms with E-state index in [2.05, 4.69) is 0 Å². The molecule has 0 saturated heterocycles. The third kappa shape index (κ3) is 4.50. The molecule has 4 N–H and O–H groups in total. The maximum Gasteiger partial charge on any atom is 0.320 e. The average Bonchev–Trinajstić information content (AvgIpc) is 2.38. The number of nitrogens with zero attached hydrogens (tertiary/aromatic N) is 2. The number of hydrogen-bond donors (Lipinski definition) is 2. The van der Waals surface area contributed by atoms with Crippen LogP contribution in [0.2, 0.25) is 0 Å². The molecule has 6 heteroatoms. The molecule has 0 unspecified atom stereocenters. The average molecular weight is 264 g/mol. The number of hydrogen-bond acceptors (Lipinski definition) is 3. The van der Waals surface area contributed by atoms with Gasteiger partial charge in [0.1, 0.15) is 6.54 Å². The van der Waals surface area contributed by atoms with Crippen molar-refractivity contribution in [3.63, 3.8) is 0 Å². The Hall–Kier alpha value is -2.24. The minimum Gasteiger partial charge on any atom is -0.399 e. The van der Waals surface area contributed by atoms with E-state index in [4.69, 9.17) is 11.5 Å². The summed E-state index contributed by atoms with van der Waals surface area (Å²) in [5.74, 6) is -0.534. The molecule has 0 aliphatic carbocycles. The van der Waals surface area contributed by atoms with Crippen LogP contribution in [0.5, 0.6) is 0 Å². The van der Waals surface area contributed by atoms with Crippen LogP contribution in [0.1, 0.15) is 12.5 Å². The molecule has 0 fully saturated rings. The maximum absolute atomic E-state index is 12.1. The lowest BCUT2D eigenvalue weighted by atomic mass is 10.2. The lowest BCUT2D eigenvalue weighted by Crippen LogP contribution is -2.44. The monoisotopic (exact) mass is 264 g/mol. The zero-order valence-corrected chi connectivity index (χ0v) is 11.3. The van der Waals surface area contributed by atoms with E-state index in [1.54, 1.807) is 19.2 Å². The molecule has 1 aromatic carbocycles. The van der Waals surface area contributed by atoms with Crippen LogP contribution in [0.4, 0.5) is 10.5 Å². The van der Waals surface area contributed by atoms with E-state index < -0.39 is 5.91 Å². The van der Waals surface area contributed by atoms with Gasteiger partial charge in [-0.2, -0.15) is 0 Å². The van der Waals surface area contributed by atoms with Gasteiger partial charge in [-0.15, -0.1) is 0 Å². The quantitative estimate of drug-likeness (QED) is 0.764. The van der Waals surface area contributed by atoms with Gasteiger partial charge in [-0.1, -0.05) is 12.1 Å². The fourth-order valence-electron chi connectivity index (χ4n) is 1.60. The van der Waals surface area contributed by atoms with Crippen LogP contribution < -0.4 is 11.5 Å². The second kappa shape index (κ2) is 6.63. The highest BCUT2D eigenvalue weighted by Gasteiger charge is 2.18. The van der Waals surface area contributed by atoms with Crippen LogP contribution in [0, 0.1) is 0 Å². The lowest BCUT2D eigenvalue weighted by Gasteiger charge is -2.26. The molecule has 0 aliphatic heterocycles. The van der Waals surface area contributed by atoms with E-state index in [9.17, 15) is 9.59 Å². The largest absolute Gasteiger partial charge is 0.399 e. The molecule has 0 heterocycles. The van der Waals surface area contributed by atoms with Gasteiger partial charge in [0.25, 0.3) is 0 Å². The first-order chi connectivity index (χ1) is 8.93. The van der Waals surface area contributed by atoms with Gasteiger partial charge < -0.3 is 21.3 Å². The smallest absolute Gasteiger partial charge is 0.320 e. The van der Waals surface area contributed by atoms with E-state index in [1.165, 1.54) is 9.80 Å². The first-order valence-electron chi connectivity index (χ1n) is 6.06. The minimum atomic E-state index is -0.534. The molecule has 0 saturated carbocycles. The van der Waals surface area contributed by atoms with Crippen molar-refractivity contribution < 1.29 is 9.59 Å². The van der Waals surface area contributed by atoms with Crippen molar-refractivity contribution in [3.05, 3.63) is 29.8 Å². The van der Waals surface area contributed by atoms with Gasteiger partial charge in [-0.05, 0) is 24.6 Å². The van der Waals surface area contributed by atoms with Gasteiger partial charge >= 0.3 is 6.03 Å². The first kappa shape index (κ1) is 14.8. The molecule has 0 atom stereocenters. The third-order valence-electron chi connectivity index (χ3n) is 2.77.